The van der Waals surface area contributed by atoms with Gasteiger partial charge in [-0.2, -0.15) is 0 Å². The van der Waals surface area contributed by atoms with Crippen molar-refractivity contribution < 1.29 is 9.53 Å². The minimum absolute atomic E-state index is 0.0656. The highest BCUT2D eigenvalue weighted by Crippen LogP contribution is 2.17. The average Bonchev–Trinajstić information content (AvgIpc) is 2.80. The topological polar surface area (TPSA) is 84.6 Å². The average molecular weight is 305 g/mol. The normalized spacial score (nSPS) is 23.2. The summed E-state index contributed by atoms with van der Waals surface area (Å²) in [5, 5.41) is 0. The van der Waals surface area contributed by atoms with Gasteiger partial charge < -0.3 is 20.3 Å². The van der Waals surface area contributed by atoms with Gasteiger partial charge in [0.2, 0.25) is 0 Å². The van der Waals surface area contributed by atoms with Gasteiger partial charge in [-0.15, -0.1) is 0 Å². The maximum Gasteiger partial charge on any atom is 0.274 e. The molecule has 0 bridgehead atoms. The fourth-order valence-corrected chi connectivity index (χ4v) is 2.89. The number of ether oxygens (including phenoxy) is 1. The van der Waals surface area contributed by atoms with E-state index in [4.69, 9.17) is 10.5 Å². The number of nitrogens with two attached hydrogens (primary N) is 1. The number of hydrogen-bond donors (Lipinski definition) is 1. The Morgan fingerprint density at radius 1 is 1.18 bits per heavy atom. The SMILES string of the molecule is N[C@@H]1CCCN(c2cncc(C(=O)N3CCOCC3)n2)CC1. The van der Waals surface area contributed by atoms with E-state index >= 15 is 0 Å². The maximum absolute atomic E-state index is 12.5. The molecule has 0 saturated carbocycles. The molecular formula is C15H23N5O2. The Morgan fingerprint density at radius 3 is 2.82 bits per heavy atom. The van der Waals surface area contributed by atoms with Crippen molar-refractivity contribution in [3.8, 4) is 0 Å². The van der Waals surface area contributed by atoms with E-state index in [0.717, 1.165) is 38.2 Å². The van der Waals surface area contributed by atoms with Crippen LogP contribution in [0.2, 0.25) is 0 Å². The Bertz CT molecular complexity index is 518. The first-order valence-corrected chi connectivity index (χ1v) is 7.93. The lowest BCUT2D eigenvalue weighted by Crippen LogP contribution is -2.41. The second-order valence-electron chi connectivity index (χ2n) is 5.85. The quantitative estimate of drug-likeness (QED) is 0.844. The van der Waals surface area contributed by atoms with Gasteiger partial charge in [0, 0.05) is 32.2 Å². The predicted octanol–water partition coefficient (Wildman–Crippen LogP) is 0.267. The molecule has 3 heterocycles. The van der Waals surface area contributed by atoms with Crippen LogP contribution in [0.25, 0.3) is 0 Å². The van der Waals surface area contributed by atoms with Gasteiger partial charge >= 0.3 is 0 Å². The summed E-state index contributed by atoms with van der Waals surface area (Å²) in [6, 6.07) is 0.260. The molecule has 2 aliphatic heterocycles. The van der Waals surface area contributed by atoms with Gasteiger partial charge in [0.15, 0.2) is 0 Å². The molecule has 3 rings (SSSR count). The van der Waals surface area contributed by atoms with Crippen molar-refractivity contribution >= 4 is 11.7 Å². The second kappa shape index (κ2) is 7.02. The van der Waals surface area contributed by atoms with Crippen molar-refractivity contribution in [1.82, 2.24) is 14.9 Å². The molecule has 2 N–H and O–H groups in total. The van der Waals surface area contributed by atoms with Crippen LogP contribution in [0.15, 0.2) is 12.4 Å². The monoisotopic (exact) mass is 305 g/mol. The zero-order valence-corrected chi connectivity index (χ0v) is 12.8. The summed E-state index contributed by atoms with van der Waals surface area (Å²) in [4.78, 5) is 25.2. The van der Waals surface area contributed by atoms with Crippen molar-refractivity contribution in [2.45, 2.75) is 25.3 Å². The molecule has 120 valence electrons. The molecule has 0 spiro atoms. The minimum Gasteiger partial charge on any atom is -0.378 e. The fourth-order valence-electron chi connectivity index (χ4n) is 2.89. The molecule has 7 heteroatoms. The third-order valence-corrected chi connectivity index (χ3v) is 4.24. The number of carbonyl (C=O) groups is 1. The smallest absolute Gasteiger partial charge is 0.274 e. The first-order chi connectivity index (χ1) is 10.7. The summed E-state index contributed by atoms with van der Waals surface area (Å²) in [6.07, 6.45) is 6.31. The van der Waals surface area contributed by atoms with Crippen LogP contribution in [-0.2, 0) is 4.74 Å². The standard InChI is InChI=1S/C15H23N5O2/c16-12-2-1-4-19(5-3-12)14-11-17-10-13(18-14)15(21)20-6-8-22-9-7-20/h10-12H,1-9,16H2/t12-/m1/s1. The first-order valence-electron chi connectivity index (χ1n) is 7.93. The van der Waals surface area contributed by atoms with E-state index in [0.29, 0.717) is 32.0 Å². The molecule has 22 heavy (non-hydrogen) atoms. The summed E-state index contributed by atoms with van der Waals surface area (Å²) in [5.41, 5.74) is 6.43. The van der Waals surface area contributed by atoms with E-state index in [9.17, 15) is 4.79 Å². The molecule has 0 aliphatic carbocycles. The third-order valence-electron chi connectivity index (χ3n) is 4.24. The summed E-state index contributed by atoms with van der Waals surface area (Å²) in [6.45, 7) is 4.18. The van der Waals surface area contributed by atoms with Crippen LogP contribution in [0.4, 0.5) is 5.82 Å². The van der Waals surface area contributed by atoms with Gasteiger partial charge in [-0.1, -0.05) is 0 Å². The van der Waals surface area contributed by atoms with E-state index in [-0.39, 0.29) is 11.9 Å². The largest absolute Gasteiger partial charge is 0.378 e. The van der Waals surface area contributed by atoms with Crippen molar-refractivity contribution in [2.24, 2.45) is 5.73 Å². The molecule has 2 fully saturated rings. The number of morpholine rings is 1. The summed E-state index contributed by atoms with van der Waals surface area (Å²) in [5.74, 6) is 0.706. The zero-order chi connectivity index (χ0) is 15.4. The van der Waals surface area contributed by atoms with Crippen molar-refractivity contribution in [2.75, 3.05) is 44.3 Å². The number of amides is 1. The van der Waals surface area contributed by atoms with E-state index in [1.54, 1.807) is 17.3 Å². The summed E-state index contributed by atoms with van der Waals surface area (Å²) in [7, 11) is 0. The highest BCUT2D eigenvalue weighted by Gasteiger charge is 2.22. The van der Waals surface area contributed by atoms with Crippen LogP contribution in [0, 0.1) is 0 Å². The first kappa shape index (κ1) is 15.2. The number of rotatable bonds is 2. The second-order valence-corrected chi connectivity index (χ2v) is 5.85. The fraction of sp³-hybridized carbons (Fsp3) is 0.667. The lowest BCUT2D eigenvalue weighted by atomic mass is 10.1. The highest BCUT2D eigenvalue weighted by molar-refractivity contribution is 5.92. The molecule has 1 amide bonds. The lowest BCUT2D eigenvalue weighted by molar-refractivity contribution is 0.0299. The van der Waals surface area contributed by atoms with Crippen LogP contribution in [-0.4, -0.2) is 66.2 Å². The van der Waals surface area contributed by atoms with Gasteiger partial charge in [-0.3, -0.25) is 9.78 Å². The Morgan fingerprint density at radius 2 is 2.00 bits per heavy atom. The van der Waals surface area contributed by atoms with Gasteiger partial charge in [0.05, 0.1) is 25.6 Å². The van der Waals surface area contributed by atoms with Crippen molar-refractivity contribution in [3.63, 3.8) is 0 Å². The van der Waals surface area contributed by atoms with Crippen LogP contribution in [0.1, 0.15) is 29.8 Å². The van der Waals surface area contributed by atoms with Crippen molar-refractivity contribution in [1.29, 1.82) is 0 Å². The van der Waals surface area contributed by atoms with E-state index in [1.165, 1.54) is 0 Å². The van der Waals surface area contributed by atoms with Gasteiger partial charge in [-0.05, 0) is 19.3 Å². The molecule has 2 aliphatic rings. The molecule has 0 radical (unpaired) electrons. The van der Waals surface area contributed by atoms with Crippen molar-refractivity contribution in [3.05, 3.63) is 18.1 Å². The number of carbonyl (C=O) groups excluding carboxylic acids is 1. The van der Waals surface area contributed by atoms with Crippen LogP contribution in [0.3, 0.4) is 0 Å². The third kappa shape index (κ3) is 3.53. The number of nitrogens with zero attached hydrogens (tertiary/aromatic N) is 4. The molecule has 7 nitrogen and oxygen atoms in total. The minimum atomic E-state index is -0.0656. The number of anilines is 1. The van der Waals surface area contributed by atoms with E-state index < -0.39 is 0 Å². The van der Waals surface area contributed by atoms with Gasteiger partial charge in [0.1, 0.15) is 11.5 Å². The molecule has 1 atom stereocenters. The molecule has 2 saturated heterocycles. The predicted molar refractivity (Wildman–Crippen MR) is 82.8 cm³/mol. The highest BCUT2D eigenvalue weighted by atomic mass is 16.5. The van der Waals surface area contributed by atoms with E-state index in [1.807, 2.05) is 0 Å². The zero-order valence-electron chi connectivity index (χ0n) is 12.8. The maximum atomic E-state index is 12.5. The Labute approximate surface area is 130 Å². The Kier molecular flexibility index (Phi) is 4.84. The van der Waals surface area contributed by atoms with Crippen LogP contribution in [0.5, 0.6) is 0 Å². The molecule has 0 unspecified atom stereocenters. The summed E-state index contributed by atoms with van der Waals surface area (Å²) < 4.78 is 5.28. The van der Waals surface area contributed by atoms with E-state index in [2.05, 4.69) is 14.9 Å². The molecule has 1 aromatic rings. The van der Waals surface area contributed by atoms with Crippen LogP contribution >= 0.6 is 0 Å². The van der Waals surface area contributed by atoms with Gasteiger partial charge in [0.25, 0.3) is 5.91 Å². The number of aromatic nitrogens is 2. The molecule has 0 aromatic carbocycles. The Hall–Kier alpha value is -1.73. The van der Waals surface area contributed by atoms with Crippen LogP contribution < -0.4 is 10.6 Å². The lowest BCUT2D eigenvalue weighted by Gasteiger charge is -2.27. The summed E-state index contributed by atoms with van der Waals surface area (Å²) >= 11 is 0. The Balaban J connectivity index is 1.72. The van der Waals surface area contributed by atoms with Gasteiger partial charge in [-0.25, -0.2) is 4.98 Å². The number of hydrogen-bond acceptors (Lipinski definition) is 6. The molecular weight excluding hydrogens is 282 g/mol. The molecule has 1 aromatic heterocycles.